The van der Waals surface area contributed by atoms with Crippen molar-refractivity contribution in [1.29, 1.82) is 0 Å². The number of hydrogen-bond acceptors (Lipinski definition) is 4. The van der Waals surface area contributed by atoms with Crippen molar-refractivity contribution in [1.82, 2.24) is 19.7 Å². The normalized spacial score (nSPS) is 21.6. The highest BCUT2D eigenvalue weighted by atomic mass is 32.2. The van der Waals surface area contributed by atoms with Crippen LogP contribution in [-0.4, -0.2) is 43.9 Å². The lowest BCUT2D eigenvalue weighted by Crippen LogP contribution is -2.45. The van der Waals surface area contributed by atoms with Gasteiger partial charge in [0.1, 0.15) is 0 Å². The van der Waals surface area contributed by atoms with Crippen molar-refractivity contribution in [2.75, 3.05) is 13.1 Å². The van der Waals surface area contributed by atoms with E-state index in [1.165, 1.54) is 18.2 Å². The summed E-state index contributed by atoms with van der Waals surface area (Å²) in [7, 11) is 0. The van der Waals surface area contributed by atoms with Crippen LogP contribution < -0.4 is 0 Å². The van der Waals surface area contributed by atoms with Crippen LogP contribution in [0.15, 0.2) is 35.5 Å². The molecule has 0 radical (unpaired) electrons. The molecule has 1 aromatic carbocycles. The van der Waals surface area contributed by atoms with E-state index in [4.69, 9.17) is 0 Å². The monoisotopic (exact) mass is 372 g/mol. The molecule has 0 spiro atoms. The third-order valence-corrected chi connectivity index (χ3v) is 5.94. The van der Waals surface area contributed by atoms with Crippen LogP contribution in [0.2, 0.25) is 0 Å². The van der Waals surface area contributed by atoms with E-state index in [0.717, 1.165) is 36.2 Å². The molecule has 1 aliphatic heterocycles. The number of aromatic nitrogens is 3. The molecular formula is C20H28N4OS. The Kier molecular flexibility index (Phi) is 6.01. The van der Waals surface area contributed by atoms with Gasteiger partial charge in [-0.1, -0.05) is 55.9 Å². The van der Waals surface area contributed by atoms with E-state index < -0.39 is 0 Å². The Morgan fingerprint density at radius 2 is 1.85 bits per heavy atom. The highest BCUT2D eigenvalue weighted by Gasteiger charge is 2.29. The Bertz CT molecular complexity index is 736. The van der Waals surface area contributed by atoms with E-state index in [2.05, 4.69) is 35.5 Å². The quantitative estimate of drug-likeness (QED) is 0.746. The molecule has 6 heteroatoms. The molecule has 1 aliphatic rings. The van der Waals surface area contributed by atoms with E-state index in [-0.39, 0.29) is 11.2 Å². The van der Waals surface area contributed by atoms with Crippen molar-refractivity contribution in [2.45, 2.75) is 51.1 Å². The second-order valence-electron chi connectivity index (χ2n) is 7.37. The maximum absolute atomic E-state index is 12.9. The predicted octanol–water partition coefficient (Wildman–Crippen LogP) is 3.95. The van der Waals surface area contributed by atoms with Gasteiger partial charge in [-0.3, -0.25) is 4.79 Å². The Morgan fingerprint density at radius 1 is 1.19 bits per heavy atom. The number of amides is 1. The van der Waals surface area contributed by atoms with Gasteiger partial charge in [0.25, 0.3) is 0 Å². The maximum atomic E-state index is 12.9. The second-order valence-corrected chi connectivity index (χ2v) is 8.67. The minimum Gasteiger partial charge on any atom is -0.341 e. The van der Waals surface area contributed by atoms with Gasteiger partial charge in [0.05, 0.1) is 5.25 Å². The third-order valence-electron chi connectivity index (χ3n) is 4.88. The van der Waals surface area contributed by atoms with E-state index >= 15 is 0 Å². The molecule has 1 fully saturated rings. The molecule has 0 bridgehead atoms. The van der Waals surface area contributed by atoms with Crippen LogP contribution >= 0.6 is 11.8 Å². The van der Waals surface area contributed by atoms with Crippen LogP contribution in [0.1, 0.15) is 34.1 Å². The molecule has 0 unspecified atom stereocenters. The third kappa shape index (κ3) is 4.11. The molecule has 2 aromatic rings. The number of nitrogens with zero attached hydrogens (tertiary/aromatic N) is 4. The topological polar surface area (TPSA) is 51.0 Å². The minimum atomic E-state index is -0.161. The number of carbonyl (C=O) groups excluding carboxylic acids is 1. The van der Waals surface area contributed by atoms with Crippen molar-refractivity contribution in [3.05, 3.63) is 30.3 Å². The lowest BCUT2D eigenvalue weighted by atomic mass is 9.92. The van der Waals surface area contributed by atoms with Crippen molar-refractivity contribution in [3.8, 4) is 11.4 Å². The Labute approximate surface area is 160 Å². The highest BCUT2D eigenvalue weighted by Crippen LogP contribution is 2.29. The number of likely N-dealkylation sites (tertiary alicyclic amines) is 1. The predicted molar refractivity (Wildman–Crippen MR) is 106 cm³/mol. The molecule has 1 saturated heterocycles. The fourth-order valence-corrected chi connectivity index (χ4v) is 4.77. The molecule has 3 rings (SSSR count). The van der Waals surface area contributed by atoms with Gasteiger partial charge >= 0.3 is 0 Å². The fourth-order valence-electron chi connectivity index (χ4n) is 3.77. The van der Waals surface area contributed by atoms with E-state index in [0.29, 0.717) is 11.8 Å². The summed E-state index contributed by atoms with van der Waals surface area (Å²) in [6.45, 7) is 11.0. The lowest BCUT2D eigenvalue weighted by molar-refractivity contribution is -0.132. The molecule has 5 nitrogen and oxygen atoms in total. The highest BCUT2D eigenvalue weighted by molar-refractivity contribution is 8.00. The first-order valence-electron chi connectivity index (χ1n) is 9.43. The first kappa shape index (κ1) is 19.0. The summed E-state index contributed by atoms with van der Waals surface area (Å²) in [5.74, 6) is 2.21. The molecule has 1 amide bonds. The van der Waals surface area contributed by atoms with Gasteiger partial charge in [-0.2, -0.15) is 0 Å². The zero-order chi connectivity index (χ0) is 18.7. The largest absolute Gasteiger partial charge is 0.341 e. The Balaban J connectivity index is 1.74. The minimum absolute atomic E-state index is 0.161. The van der Waals surface area contributed by atoms with Crippen molar-refractivity contribution >= 4 is 17.7 Å². The van der Waals surface area contributed by atoms with Gasteiger partial charge in [-0.05, 0) is 32.1 Å². The zero-order valence-corrected chi connectivity index (χ0v) is 16.9. The average molecular weight is 373 g/mol. The molecular weight excluding hydrogens is 344 g/mol. The average Bonchev–Trinajstić information content (AvgIpc) is 3.03. The van der Waals surface area contributed by atoms with Crippen molar-refractivity contribution in [3.63, 3.8) is 0 Å². The van der Waals surface area contributed by atoms with Crippen LogP contribution in [-0.2, 0) is 11.3 Å². The zero-order valence-electron chi connectivity index (χ0n) is 16.1. The van der Waals surface area contributed by atoms with E-state index in [1.807, 2.05) is 42.2 Å². The summed E-state index contributed by atoms with van der Waals surface area (Å²) in [6, 6.07) is 10.1. The molecule has 0 aliphatic carbocycles. The fraction of sp³-hybridized carbons (Fsp3) is 0.550. The summed E-state index contributed by atoms with van der Waals surface area (Å²) in [5.41, 5.74) is 1.05. The molecule has 26 heavy (non-hydrogen) atoms. The Hall–Kier alpha value is -1.82. The van der Waals surface area contributed by atoms with Crippen LogP contribution in [0.3, 0.4) is 0 Å². The number of rotatable bonds is 5. The number of benzene rings is 1. The number of thioether (sulfide) groups is 1. The van der Waals surface area contributed by atoms with Gasteiger partial charge in [0.15, 0.2) is 11.0 Å². The Morgan fingerprint density at radius 3 is 2.46 bits per heavy atom. The number of piperidine rings is 1. The van der Waals surface area contributed by atoms with Gasteiger partial charge in [-0.15, -0.1) is 10.2 Å². The molecule has 140 valence electrons. The molecule has 3 atom stereocenters. The van der Waals surface area contributed by atoms with Gasteiger partial charge < -0.3 is 9.47 Å². The molecule has 0 N–H and O–H groups in total. The molecule has 2 heterocycles. The SMILES string of the molecule is CCn1c(S[C@@H](C)C(=O)N2C[C@H](C)C[C@H](C)C2)nnc1-c1ccccc1. The summed E-state index contributed by atoms with van der Waals surface area (Å²) in [6.07, 6.45) is 1.20. The van der Waals surface area contributed by atoms with Gasteiger partial charge in [0, 0.05) is 25.2 Å². The van der Waals surface area contributed by atoms with Crippen LogP contribution in [0.25, 0.3) is 11.4 Å². The van der Waals surface area contributed by atoms with Crippen molar-refractivity contribution < 1.29 is 4.79 Å². The first-order chi connectivity index (χ1) is 12.5. The van der Waals surface area contributed by atoms with Crippen LogP contribution in [0.5, 0.6) is 0 Å². The van der Waals surface area contributed by atoms with E-state index in [1.54, 1.807) is 0 Å². The smallest absolute Gasteiger partial charge is 0.235 e. The maximum Gasteiger partial charge on any atom is 0.235 e. The molecule has 0 saturated carbocycles. The second kappa shape index (κ2) is 8.25. The van der Waals surface area contributed by atoms with Crippen LogP contribution in [0.4, 0.5) is 0 Å². The van der Waals surface area contributed by atoms with Gasteiger partial charge in [0.2, 0.25) is 5.91 Å². The summed E-state index contributed by atoms with van der Waals surface area (Å²) in [4.78, 5) is 14.9. The summed E-state index contributed by atoms with van der Waals surface area (Å²) < 4.78 is 2.09. The van der Waals surface area contributed by atoms with Crippen molar-refractivity contribution in [2.24, 2.45) is 11.8 Å². The standard InChI is InChI=1S/C20H28N4OS/c1-5-24-18(17-9-7-6-8-10-17)21-22-20(24)26-16(4)19(25)23-12-14(2)11-15(3)13-23/h6-10,14-16H,5,11-13H2,1-4H3/t14-,15+,16-/m0/s1. The summed E-state index contributed by atoms with van der Waals surface area (Å²) in [5, 5.41) is 9.39. The summed E-state index contributed by atoms with van der Waals surface area (Å²) >= 11 is 1.51. The van der Waals surface area contributed by atoms with Crippen LogP contribution in [0, 0.1) is 11.8 Å². The molecule has 1 aromatic heterocycles. The van der Waals surface area contributed by atoms with E-state index in [9.17, 15) is 4.79 Å². The number of carbonyl (C=O) groups is 1. The lowest BCUT2D eigenvalue weighted by Gasteiger charge is -2.36. The number of hydrogen-bond donors (Lipinski definition) is 0. The van der Waals surface area contributed by atoms with Gasteiger partial charge in [-0.25, -0.2) is 0 Å². The first-order valence-corrected chi connectivity index (χ1v) is 10.3.